The molecule has 1 atom stereocenters. The number of aryl methyl sites for hydroxylation is 2. The van der Waals surface area contributed by atoms with Crippen molar-refractivity contribution in [3.8, 4) is 0 Å². The summed E-state index contributed by atoms with van der Waals surface area (Å²) < 4.78 is 7.69. The van der Waals surface area contributed by atoms with E-state index in [4.69, 9.17) is 4.74 Å². The third-order valence-electron chi connectivity index (χ3n) is 5.23. The molecule has 1 aliphatic heterocycles. The molecule has 7 nitrogen and oxygen atoms in total. The number of para-hydroxylation sites is 1. The number of aromatic nitrogens is 4. The van der Waals surface area contributed by atoms with E-state index in [1.54, 1.807) is 0 Å². The smallest absolute Gasteiger partial charge is 0.248 e. The van der Waals surface area contributed by atoms with Gasteiger partial charge in [0.05, 0.1) is 11.0 Å². The van der Waals surface area contributed by atoms with Crippen LogP contribution in [0.25, 0.3) is 11.0 Å². The first-order chi connectivity index (χ1) is 13.1. The van der Waals surface area contributed by atoms with E-state index in [1.165, 1.54) is 0 Å². The molecule has 1 saturated heterocycles. The second-order valence-corrected chi connectivity index (χ2v) is 7.22. The first kappa shape index (κ1) is 17.7. The molecule has 7 heteroatoms. The number of fused-ring (bicyclic) bond motifs is 1. The van der Waals surface area contributed by atoms with Gasteiger partial charge >= 0.3 is 0 Å². The number of rotatable bonds is 5. The molecule has 1 aliphatic rings. The zero-order valence-electron chi connectivity index (χ0n) is 15.8. The monoisotopic (exact) mass is 367 g/mol. The van der Waals surface area contributed by atoms with Crippen molar-refractivity contribution in [3.05, 3.63) is 47.8 Å². The molecule has 1 amide bonds. The Morgan fingerprint density at radius 3 is 3.07 bits per heavy atom. The quantitative estimate of drug-likeness (QED) is 0.752. The summed E-state index contributed by atoms with van der Waals surface area (Å²) in [5.41, 5.74) is 3.07. The van der Waals surface area contributed by atoms with E-state index in [-0.39, 0.29) is 12.5 Å². The molecule has 0 aliphatic carbocycles. The third-order valence-corrected chi connectivity index (χ3v) is 5.23. The number of likely N-dealkylation sites (tertiary alicyclic amines) is 1. The van der Waals surface area contributed by atoms with Crippen LogP contribution in [-0.2, 0) is 23.2 Å². The standard InChI is InChI=1S/C20H25N5O2/c1-14-5-3-7-16-19(14)23-17(22-16)12-27-13-18(26)25-9-4-6-15(11-25)20-21-8-10-24(20)2/h3,5,7-8,10,15H,4,6,9,11-13H2,1-2H3,(H,22,23). The van der Waals surface area contributed by atoms with Crippen molar-refractivity contribution in [2.75, 3.05) is 19.7 Å². The van der Waals surface area contributed by atoms with Crippen LogP contribution in [0.4, 0.5) is 0 Å². The van der Waals surface area contributed by atoms with Crippen LogP contribution >= 0.6 is 0 Å². The SMILES string of the molecule is Cc1cccc2[nH]c(COCC(=O)N3CCCC(c4nccn4C)C3)nc12. The minimum atomic E-state index is 0.0289. The Bertz CT molecular complexity index is 945. The van der Waals surface area contributed by atoms with Gasteiger partial charge in [-0.15, -0.1) is 0 Å². The zero-order chi connectivity index (χ0) is 18.8. The fourth-order valence-corrected chi connectivity index (χ4v) is 3.81. The molecule has 0 radical (unpaired) electrons. The molecule has 3 aromatic rings. The predicted molar refractivity (Wildman–Crippen MR) is 102 cm³/mol. The third kappa shape index (κ3) is 3.73. The maximum Gasteiger partial charge on any atom is 0.248 e. The lowest BCUT2D eigenvalue weighted by Gasteiger charge is -2.32. The van der Waals surface area contributed by atoms with Crippen LogP contribution in [0.15, 0.2) is 30.6 Å². The van der Waals surface area contributed by atoms with E-state index in [1.807, 2.05) is 54.0 Å². The number of ether oxygens (including phenoxy) is 1. The highest BCUT2D eigenvalue weighted by Crippen LogP contribution is 2.25. The Balaban J connectivity index is 1.32. The van der Waals surface area contributed by atoms with Crippen LogP contribution in [0.2, 0.25) is 0 Å². The number of carbonyl (C=O) groups excluding carboxylic acids is 1. The van der Waals surface area contributed by atoms with E-state index >= 15 is 0 Å². The Labute approximate surface area is 158 Å². The summed E-state index contributed by atoms with van der Waals surface area (Å²) in [5, 5.41) is 0. The van der Waals surface area contributed by atoms with Gasteiger partial charge < -0.3 is 19.2 Å². The molecule has 1 N–H and O–H groups in total. The lowest BCUT2D eigenvalue weighted by molar-refractivity contribution is -0.137. The van der Waals surface area contributed by atoms with Gasteiger partial charge in [-0.05, 0) is 31.4 Å². The number of aromatic amines is 1. The Hall–Kier alpha value is -2.67. The number of piperidine rings is 1. The summed E-state index contributed by atoms with van der Waals surface area (Å²) in [5.74, 6) is 2.12. The molecular weight excluding hydrogens is 342 g/mol. The highest BCUT2D eigenvalue weighted by Gasteiger charge is 2.26. The topological polar surface area (TPSA) is 76.0 Å². The van der Waals surface area contributed by atoms with Crippen molar-refractivity contribution >= 4 is 16.9 Å². The first-order valence-corrected chi connectivity index (χ1v) is 9.39. The molecule has 1 fully saturated rings. The van der Waals surface area contributed by atoms with Crippen LogP contribution in [0.1, 0.15) is 36.0 Å². The number of H-pyrrole nitrogens is 1. The number of benzene rings is 1. The molecule has 0 spiro atoms. The molecule has 3 heterocycles. The molecule has 2 aromatic heterocycles. The van der Waals surface area contributed by atoms with Gasteiger partial charge in [0, 0.05) is 38.4 Å². The zero-order valence-corrected chi connectivity index (χ0v) is 15.8. The highest BCUT2D eigenvalue weighted by atomic mass is 16.5. The van der Waals surface area contributed by atoms with Gasteiger partial charge in [-0.25, -0.2) is 9.97 Å². The van der Waals surface area contributed by atoms with E-state index in [0.29, 0.717) is 19.1 Å². The van der Waals surface area contributed by atoms with Gasteiger partial charge in [0.25, 0.3) is 0 Å². The normalized spacial score (nSPS) is 17.6. The number of nitrogens with one attached hydrogen (secondary N) is 1. The van der Waals surface area contributed by atoms with Crippen molar-refractivity contribution in [2.45, 2.75) is 32.3 Å². The van der Waals surface area contributed by atoms with Gasteiger partial charge in [-0.2, -0.15) is 0 Å². The summed E-state index contributed by atoms with van der Waals surface area (Å²) in [6.07, 6.45) is 5.82. The molecule has 142 valence electrons. The molecule has 1 aromatic carbocycles. The van der Waals surface area contributed by atoms with Gasteiger partial charge in [-0.3, -0.25) is 4.79 Å². The van der Waals surface area contributed by atoms with Gasteiger partial charge in [0.15, 0.2) is 0 Å². The molecule has 0 bridgehead atoms. The lowest BCUT2D eigenvalue weighted by atomic mass is 9.97. The van der Waals surface area contributed by atoms with Gasteiger partial charge in [0.1, 0.15) is 24.9 Å². The van der Waals surface area contributed by atoms with Crippen molar-refractivity contribution in [2.24, 2.45) is 7.05 Å². The van der Waals surface area contributed by atoms with E-state index < -0.39 is 0 Å². The van der Waals surface area contributed by atoms with Crippen molar-refractivity contribution in [1.29, 1.82) is 0 Å². The molecule has 1 unspecified atom stereocenters. The van der Waals surface area contributed by atoms with E-state index in [9.17, 15) is 4.79 Å². The largest absolute Gasteiger partial charge is 0.364 e. The molecule has 27 heavy (non-hydrogen) atoms. The van der Waals surface area contributed by atoms with Crippen LogP contribution in [0.3, 0.4) is 0 Å². The summed E-state index contributed by atoms with van der Waals surface area (Å²) in [6, 6.07) is 6.03. The Kier molecular flexibility index (Phi) is 4.94. The molecule has 0 saturated carbocycles. The number of hydrogen-bond acceptors (Lipinski definition) is 4. The minimum Gasteiger partial charge on any atom is -0.364 e. The number of carbonyl (C=O) groups is 1. The fourth-order valence-electron chi connectivity index (χ4n) is 3.81. The summed E-state index contributed by atoms with van der Waals surface area (Å²) in [6.45, 7) is 3.90. The second-order valence-electron chi connectivity index (χ2n) is 7.22. The fraction of sp³-hybridized carbons (Fsp3) is 0.450. The second kappa shape index (κ2) is 7.52. The number of hydrogen-bond donors (Lipinski definition) is 1. The highest BCUT2D eigenvalue weighted by molar-refractivity contribution is 5.78. The molecular formula is C20H25N5O2. The van der Waals surface area contributed by atoms with Crippen LogP contribution in [0.5, 0.6) is 0 Å². The van der Waals surface area contributed by atoms with E-state index in [0.717, 1.165) is 47.6 Å². The Morgan fingerprint density at radius 2 is 2.30 bits per heavy atom. The van der Waals surface area contributed by atoms with Crippen LogP contribution in [0, 0.1) is 6.92 Å². The van der Waals surface area contributed by atoms with Gasteiger partial charge in [0.2, 0.25) is 5.91 Å². The van der Waals surface area contributed by atoms with Crippen molar-refractivity contribution in [1.82, 2.24) is 24.4 Å². The van der Waals surface area contributed by atoms with E-state index in [2.05, 4.69) is 15.0 Å². The number of amides is 1. The summed E-state index contributed by atoms with van der Waals surface area (Å²) in [4.78, 5) is 26.7. The first-order valence-electron chi connectivity index (χ1n) is 9.39. The number of nitrogens with zero attached hydrogens (tertiary/aromatic N) is 4. The van der Waals surface area contributed by atoms with Crippen molar-refractivity contribution < 1.29 is 9.53 Å². The maximum atomic E-state index is 12.6. The number of imidazole rings is 2. The maximum absolute atomic E-state index is 12.6. The Morgan fingerprint density at radius 1 is 1.41 bits per heavy atom. The van der Waals surface area contributed by atoms with Gasteiger partial charge in [-0.1, -0.05) is 12.1 Å². The van der Waals surface area contributed by atoms with Crippen molar-refractivity contribution in [3.63, 3.8) is 0 Å². The lowest BCUT2D eigenvalue weighted by Crippen LogP contribution is -2.41. The van der Waals surface area contributed by atoms with Crippen LogP contribution in [-0.4, -0.2) is 50.0 Å². The molecule has 4 rings (SSSR count). The predicted octanol–water partition coefficient (Wildman–Crippen LogP) is 2.53. The average molecular weight is 367 g/mol. The average Bonchev–Trinajstić information content (AvgIpc) is 3.28. The minimum absolute atomic E-state index is 0.0289. The van der Waals surface area contributed by atoms with Crippen LogP contribution < -0.4 is 0 Å². The summed E-state index contributed by atoms with van der Waals surface area (Å²) in [7, 11) is 2.00. The summed E-state index contributed by atoms with van der Waals surface area (Å²) >= 11 is 0.